The maximum atomic E-state index is 9.46. The van der Waals surface area contributed by atoms with Gasteiger partial charge in [0.15, 0.2) is 0 Å². The molecular formula is C10H15NOS. The summed E-state index contributed by atoms with van der Waals surface area (Å²) in [5.74, 6) is 0. The normalized spacial score (nSPS) is 13.3. The van der Waals surface area contributed by atoms with Crippen LogP contribution < -0.4 is 0 Å². The van der Waals surface area contributed by atoms with Crippen molar-refractivity contribution in [1.82, 2.24) is 4.98 Å². The molecular weight excluding hydrogens is 182 g/mol. The van der Waals surface area contributed by atoms with Crippen molar-refractivity contribution in [3.05, 3.63) is 23.9 Å². The lowest BCUT2D eigenvalue weighted by Gasteiger charge is -2.11. The highest BCUT2D eigenvalue weighted by atomic mass is 32.2. The summed E-state index contributed by atoms with van der Waals surface area (Å²) in [6.45, 7) is 6.00. The van der Waals surface area contributed by atoms with Crippen LogP contribution in [0.1, 0.15) is 32.4 Å². The molecule has 0 amide bonds. The van der Waals surface area contributed by atoms with E-state index in [1.165, 1.54) is 0 Å². The Kier molecular flexibility index (Phi) is 3.75. The maximum absolute atomic E-state index is 9.46. The minimum atomic E-state index is -0.435. The Bertz CT molecular complexity index is 273. The minimum Gasteiger partial charge on any atom is -0.389 e. The first-order chi connectivity index (χ1) is 6.11. The van der Waals surface area contributed by atoms with E-state index < -0.39 is 6.10 Å². The van der Waals surface area contributed by atoms with Gasteiger partial charge in [-0.25, -0.2) is 4.98 Å². The third-order valence-electron chi connectivity index (χ3n) is 1.60. The van der Waals surface area contributed by atoms with Crippen molar-refractivity contribution >= 4 is 11.8 Å². The Labute approximate surface area is 83.4 Å². The third-order valence-corrected chi connectivity index (χ3v) is 2.63. The quantitative estimate of drug-likeness (QED) is 0.756. The number of hydrogen-bond donors (Lipinski definition) is 1. The molecule has 0 aliphatic rings. The molecule has 0 fully saturated rings. The van der Waals surface area contributed by atoms with Gasteiger partial charge in [0.05, 0.1) is 6.10 Å². The van der Waals surface area contributed by atoms with Gasteiger partial charge >= 0.3 is 0 Å². The standard InChI is InChI=1S/C10H15NOS/c1-7(2)13-10-9(8(3)12)5-4-6-11-10/h4-8,12H,1-3H3/t8-/m0/s1. The lowest BCUT2D eigenvalue weighted by molar-refractivity contribution is 0.195. The Morgan fingerprint density at radius 2 is 2.08 bits per heavy atom. The molecule has 1 aromatic rings. The van der Waals surface area contributed by atoms with Crippen LogP contribution in [0.15, 0.2) is 23.4 Å². The molecule has 0 spiro atoms. The topological polar surface area (TPSA) is 33.1 Å². The highest BCUT2D eigenvalue weighted by Crippen LogP contribution is 2.27. The minimum absolute atomic E-state index is 0.435. The molecule has 0 radical (unpaired) electrons. The molecule has 1 N–H and O–H groups in total. The van der Waals surface area contributed by atoms with Gasteiger partial charge < -0.3 is 5.11 Å². The van der Waals surface area contributed by atoms with Gasteiger partial charge in [0, 0.05) is 17.0 Å². The summed E-state index contributed by atoms with van der Waals surface area (Å²) >= 11 is 1.68. The van der Waals surface area contributed by atoms with Gasteiger partial charge in [-0.1, -0.05) is 19.9 Å². The van der Waals surface area contributed by atoms with Gasteiger partial charge in [-0.2, -0.15) is 0 Å². The molecule has 0 saturated heterocycles. The molecule has 72 valence electrons. The summed E-state index contributed by atoms with van der Waals surface area (Å²) in [6.07, 6.45) is 1.33. The molecule has 0 unspecified atom stereocenters. The number of aromatic nitrogens is 1. The average molecular weight is 197 g/mol. The van der Waals surface area contributed by atoms with E-state index in [0.717, 1.165) is 10.6 Å². The van der Waals surface area contributed by atoms with Crippen molar-refractivity contribution in [1.29, 1.82) is 0 Å². The lowest BCUT2D eigenvalue weighted by Crippen LogP contribution is -1.98. The predicted molar refractivity (Wildman–Crippen MR) is 55.9 cm³/mol. The average Bonchev–Trinajstić information content (AvgIpc) is 2.03. The summed E-state index contributed by atoms with van der Waals surface area (Å²) in [5.41, 5.74) is 0.918. The van der Waals surface area contributed by atoms with Crippen molar-refractivity contribution in [2.45, 2.75) is 37.2 Å². The zero-order valence-corrected chi connectivity index (χ0v) is 9.01. The second-order valence-corrected chi connectivity index (χ2v) is 4.81. The fourth-order valence-corrected chi connectivity index (χ4v) is 1.99. The SMILES string of the molecule is CC(C)Sc1ncccc1[C@H](C)O. The Morgan fingerprint density at radius 3 is 2.62 bits per heavy atom. The van der Waals surface area contributed by atoms with Crippen molar-refractivity contribution < 1.29 is 5.11 Å². The van der Waals surface area contributed by atoms with Crippen LogP contribution in [-0.4, -0.2) is 15.3 Å². The monoisotopic (exact) mass is 197 g/mol. The molecule has 13 heavy (non-hydrogen) atoms. The maximum Gasteiger partial charge on any atom is 0.102 e. The Morgan fingerprint density at radius 1 is 1.38 bits per heavy atom. The zero-order chi connectivity index (χ0) is 9.84. The van der Waals surface area contributed by atoms with Gasteiger partial charge in [-0.15, -0.1) is 11.8 Å². The first-order valence-corrected chi connectivity index (χ1v) is 5.29. The number of aliphatic hydroxyl groups is 1. The molecule has 1 heterocycles. The largest absolute Gasteiger partial charge is 0.389 e. The molecule has 0 aliphatic heterocycles. The summed E-state index contributed by atoms with van der Waals surface area (Å²) in [7, 11) is 0. The summed E-state index contributed by atoms with van der Waals surface area (Å²) in [4.78, 5) is 4.24. The Hall–Kier alpha value is -0.540. The molecule has 2 nitrogen and oxygen atoms in total. The van der Waals surface area contributed by atoms with Crippen molar-refractivity contribution in [3.8, 4) is 0 Å². The van der Waals surface area contributed by atoms with Crippen molar-refractivity contribution in [2.24, 2.45) is 0 Å². The third kappa shape index (κ3) is 3.01. The van der Waals surface area contributed by atoms with Crippen LogP contribution in [0.3, 0.4) is 0 Å². The summed E-state index contributed by atoms with van der Waals surface area (Å²) < 4.78 is 0. The van der Waals surface area contributed by atoms with E-state index >= 15 is 0 Å². The van der Waals surface area contributed by atoms with Crippen LogP contribution in [0.2, 0.25) is 0 Å². The van der Waals surface area contributed by atoms with E-state index in [0.29, 0.717) is 5.25 Å². The van der Waals surface area contributed by atoms with E-state index in [1.54, 1.807) is 24.9 Å². The van der Waals surface area contributed by atoms with Gasteiger partial charge in [0.2, 0.25) is 0 Å². The highest BCUT2D eigenvalue weighted by molar-refractivity contribution is 7.99. The van der Waals surface area contributed by atoms with Crippen molar-refractivity contribution in [2.75, 3.05) is 0 Å². The highest BCUT2D eigenvalue weighted by Gasteiger charge is 2.09. The van der Waals surface area contributed by atoms with Gasteiger partial charge in [0.1, 0.15) is 5.03 Å². The van der Waals surface area contributed by atoms with Crippen LogP contribution in [0, 0.1) is 0 Å². The van der Waals surface area contributed by atoms with Crippen LogP contribution in [-0.2, 0) is 0 Å². The molecule has 1 rings (SSSR count). The molecule has 0 aliphatic carbocycles. The fraction of sp³-hybridized carbons (Fsp3) is 0.500. The zero-order valence-electron chi connectivity index (χ0n) is 8.19. The van der Waals surface area contributed by atoms with Gasteiger partial charge in [-0.3, -0.25) is 0 Å². The first-order valence-electron chi connectivity index (χ1n) is 4.41. The second kappa shape index (κ2) is 4.63. The molecule has 0 aromatic carbocycles. The fourth-order valence-electron chi connectivity index (χ4n) is 1.04. The number of nitrogens with zero attached hydrogens (tertiary/aromatic N) is 1. The van der Waals surface area contributed by atoms with E-state index in [-0.39, 0.29) is 0 Å². The molecule has 0 saturated carbocycles. The number of hydrogen-bond acceptors (Lipinski definition) is 3. The molecule has 1 atom stereocenters. The number of aliphatic hydroxyl groups excluding tert-OH is 1. The van der Waals surface area contributed by atoms with Crippen LogP contribution >= 0.6 is 11.8 Å². The van der Waals surface area contributed by atoms with E-state index in [4.69, 9.17) is 0 Å². The smallest absolute Gasteiger partial charge is 0.102 e. The second-order valence-electron chi connectivity index (χ2n) is 3.24. The molecule has 0 bridgehead atoms. The van der Waals surface area contributed by atoms with E-state index in [2.05, 4.69) is 18.8 Å². The summed E-state index contributed by atoms with van der Waals surface area (Å²) in [5, 5.41) is 10.9. The van der Waals surface area contributed by atoms with Gasteiger partial charge in [-0.05, 0) is 13.0 Å². The van der Waals surface area contributed by atoms with Crippen LogP contribution in [0.4, 0.5) is 0 Å². The molecule has 1 aromatic heterocycles. The first kappa shape index (κ1) is 10.5. The summed E-state index contributed by atoms with van der Waals surface area (Å²) in [6, 6.07) is 3.77. The number of thioether (sulfide) groups is 1. The van der Waals surface area contributed by atoms with Gasteiger partial charge in [0.25, 0.3) is 0 Å². The van der Waals surface area contributed by atoms with E-state index in [9.17, 15) is 5.11 Å². The predicted octanol–water partition coefficient (Wildman–Crippen LogP) is 2.64. The van der Waals surface area contributed by atoms with Crippen LogP contribution in [0.5, 0.6) is 0 Å². The number of rotatable bonds is 3. The lowest BCUT2D eigenvalue weighted by atomic mass is 10.2. The van der Waals surface area contributed by atoms with E-state index in [1.807, 2.05) is 12.1 Å². The number of pyridine rings is 1. The van der Waals surface area contributed by atoms with Crippen molar-refractivity contribution in [3.63, 3.8) is 0 Å². The molecule has 3 heteroatoms. The van der Waals surface area contributed by atoms with Crippen LogP contribution in [0.25, 0.3) is 0 Å². The Balaban J connectivity index is 2.91.